The van der Waals surface area contributed by atoms with Crippen LogP contribution in [0.5, 0.6) is 0 Å². The van der Waals surface area contributed by atoms with E-state index in [-0.39, 0.29) is 0 Å². The number of nitrogens with one attached hydrogen (secondary N) is 1. The molecule has 2 rings (SSSR count). The van der Waals surface area contributed by atoms with Gasteiger partial charge >= 0.3 is 0 Å². The Kier molecular flexibility index (Phi) is 2.28. The molecule has 0 saturated heterocycles. The molecule has 12 heavy (non-hydrogen) atoms. The Balaban J connectivity index is 2.21. The van der Waals surface area contributed by atoms with E-state index in [1.54, 1.807) is 0 Å². The molecule has 0 unspecified atom stereocenters. The Morgan fingerprint density at radius 1 is 1.42 bits per heavy atom. The van der Waals surface area contributed by atoms with Gasteiger partial charge in [-0.05, 0) is 31.0 Å². The second-order valence-electron chi connectivity index (χ2n) is 3.04. The van der Waals surface area contributed by atoms with Crippen LogP contribution in [0.2, 0.25) is 5.02 Å². The van der Waals surface area contributed by atoms with E-state index in [9.17, 15) is 0 Å². The van der Waals surface area contributed by atoms with Crippen LogP contribution >= 0.6 is 27.5 Å². The van der Waals surface area contributed by atoms with Gasteiger partial charge in [-0.1, -0.05) is 27.5 Å². The van der Waals surface area contributed by atoms with E-state index >= 15 is 0 Å². The van der Waals surface area contributed by atoms with Gasteiger partial charge in [-0.2, -0.15) is 0 Å². The second-order valence-corrected chi connectivity index (χ2v) is 4.37. The van der Waals surface area contributed by atoms with Gasteiger partial charge in [0.05, 0.1) is 10.7 Å². The van der Waals surface area contributed by atoms with E-state index in [1.165, 1.54) is 12.8 Å². The summed E-state index contributed by atoms with van der Waals surface area (Å²) >= 11 is 9.39. The zero-order valence-corrected chi connectivity index (χ0v) is 8.82. The summed E-state index contributed by atoms with van der Waals surface area (Å²) in [4.78, 5) is 0. The summed E-state index contributed by atoms with van der Waals surface area (Å²) in [6.07, 6.45) is 2.53. The molecule has 0 spiro atoms. The van der Waals surface area contributed by atoms with Crippen molar-refractivity contribution in [3.8, 4) is 0 Å². The molecule has 1 fully saturated rings. The van der Waals surface area contributed by atoms with Crippen LogP contribution in [0.15, 0.2) is 22.7 Å². The Labute approximate surface area is 85.2 Å². The van der Waals surface area contributed by atoms with Crippen LogP contribution in [-0.2, 0) is 0 Å². The molecule has 1 aliphatic carbocycles. The lowest BCUT2D eigenvalue weighted by Gasteiger charge is -2.06. The van der Waals surface area contributed by atoms with Gasteiger partial charge < -0.3 is 5.32 Å². The van der Waals surface area contributed by atoms with Gasteiger partial charge in [-0.3, -0.25) is 0 Å². The van der Waals surface area contributed by atoms with Crippen LogP contribution < -0.4 is 5.32 Å². The average molecular weight is 247 g/mol. The van der Waals surface area contributed by atoms with Crippen molar-refractivity contribution in [2.24, 2.45) is 0 Å². The molecule has 64 valence electrons. The number of halogens is 2. The first-order valence-corrected chi connectivity index (χ1v) is 5.14. The minimum Gasteiger partial charge on any atom is -0.381 e. The van der Waals surface area contributed by atoms with Gasteiger partial charge in [0.2, 0.25) is 0 Å². The van der Waals surface area contributed by atoms with Crippen molar-refractivity contribution in [1.82, 2.24) is 0 Å². The van der Waals surface area contributed by atoms with Crippen molar-refractivity contribution >= 4 is 33.2 Å². The molecule has 0 heterocycles. The van der Waals surface area contributed by atoms with E-state index in [0.29, 0.717) is 6.04 Å². The molecule has 0 aromatic heterocycles. The highest BCUT2D eigenvalue weighted by atomic mass is 79.9. The van der Waals surface area contributed by atoms with Gasteiger partial charge in [0.15, 0.2) is 0 Å². The van der Waals surface area contributed by atoms with Crippen LogP contribution in [0.1, 0.15) is 12.8 Å². The number of benzene rings is 1. The summed E-state index contributed by atoms with van der Waals surface area (Å²) in [5.41, 5.74) is 1.04. The first kappa shape index (κ1) is 8.39. The predicted molar refractivity (Wildman–Crippen MR) is 55.8 cm³/mol. The molecule has 0 atom stereocenters. The first-order chi connectivity index (χ1) is 5.75. The fraction of sp³-hybridized carbons (Fsp3) is 0.333. The van der Waals surface area contributed by atoms with Gasteiger partial charge in [-0.15, -0.1) is 0 Å². The monoisotopic (exact) mass is 245 g/mol. The molecule has 0 aliphatic heterocycles. The zero-order chi connectivity index (χ0) is 8.55. The maximum atomic E-state index is 5.98. The Bertz CT molecular complexity index is 297. The molecule has 1 aliphatic rings. The third kappa shape index (κ3) is 1.93. The molecule has 1 saturated carbocycles. The van der Waals surface area contributed by atoms with Crippen LogP contribution in [0.4, 0.5) is 5.69 Å². The molecule has 0 radical (unpaired) electrons. The molecule has 1 aromatic rings. The molecule has 1 N–H and O–H groups in total. The van der Waals surface area contributed by atoms with E-state index < -0.39 is 0 Å². The smallest absolute Gasteiger partial charge is 0.0638 e. The van der Waals surface area contributed by atoms with Gasteiger partial charge in [-0.25, -0.2) is 0 Å². The lowest BCUT2D eigenvalue weighted by molar-refractivity contribution is 1.16. The fourth-order valence-electron chi connectivity index (χ4n) is 1.06. The molecule has 1 nitrogen and oxygen atoms in total. The topological polar surface area (TPSA) is 12.0 Å². The highest BCUT2D eigenvalue weighted by Crippen LogP contribution is 2.31. The van der Waals surface area contributed by atoms with E-state index in [2.05, 4.69) is 21.2 Å². The van der Waals surface area contributed by atoms with E-state index in [0.717, 1.165) is 15.2 Å². The Hall–Kier alpha value is -0.210. The summed E-state index contributed by atoms with van der Waals surface area (Å²) in [5, 5.41) is 4.16. The SMILES string of the molecule is Clc1ccc(Br)cc1NC1CC1. The number of hydrogen-bond acceptors (Lipinski definition) is 1. The quantitative estimate of drug-likeness (QED) is 0.839. The standard InChI is InChI=1S/C9H9BrClN/c10-6-1-4-8(11)9(5-6)12-7-2-3-7/h1,4-5,7,12H,2-3H2. The normalized spacial score (nSPS) is 16.2. The number of hydrogen-bond donors (Lipinski definition) is 1. The van der Waals surface area contributed by atoms with Crippen molar-refractivity contribution in [2.45, 2.75) is 18.9 Å². The average Bonchev–Trinajstić information content (AvgIpc) is 2.81. The Morgan fingerprint density at radius 2 is 2.17 bits per heavy atom. The van der Waals surface area contributed by atoms with Crippen LogP contribution in [0, 0.1) is 0 Å². The number of anilines is 1. The van der Waals surface area contributed by atoms with Crippen molar-refractivity contribution in [1.29, 1.82) is 0 Å². The zero-order valence-electron chi connectivity index (χ0n) is 6.48. The third-order valence-corrected chi connectivity index (χ3v) is 2.69. The second kappa shape index (κ2) is 3.27. The fourth-order valence-corrected chi connectivity index (χ4v) is 1.59. The summed E-state index contributed by atoms with van der Waals surface area (Å²) in [7, 11) is 0. The summed E-state index contributed by atoms with van der Waals surface area (Å²) in [5.74, 6) is 0. The minimum absolute atomic E-state index is 0.650. The predicted octanol–water partition coefficient (Wildman–Crippen LogP) is 3.68. The number of rotatable bonds is 2. The minimum atomic E-state index is 0.650. The summed E-state index contributed by atoms with van der Waals surface area (Å²) in [6.45, 7) is 0. The lowest BCUT2D eigenvalue weighted by atomic mass is 10.3. The maximum absolute atomic E-state index is 5.98. The first-order valence-electron chi connectivity index (χ1n) is 3.97. The molecule has 3 heteroatoms. The maximum Gasteiger partial charge on any atom is 0.0638 e. The van der Waals surface area contributed by atoms with Crippen molar-refractivity contribution < 1.29 is 0 Å². The van der Waals surface area contributed by atoms with Crippen molar-refractivity contribution in [3.05, 3.63) is 27.7 Å². The highest BCUT2D eigenvalue weighted by Gasteiger charge is 2.21. The largest absolute Gasteiger partial charge is 0.381 e. The molecular weight excluding hydrogens is 237 g/mol. The van der Waals surface area contributed by atoms with Crippen LogP contribution in [0.3, 0.4) is 0 Å². The van der Waals surface area contributed by atoms with Crippen molar-refractivity contribution in [3.63, 3.8) is 0 Å². The molecular formula is C9H9BrClN. The van der Waals surface area contributed by atoms with E-state index in [1.807, 2.05) is 18.2 Å². The van der Waals surface area contributed by atoms with Crippen LogP contribution in [-0.4, -0.2) is 6.04 Å². The third-order valence-electron chi connectivity index (χ3n) is 1.87. The van der Waals surface area contributed by atoms with Crippen LogP contribution in [0.25, 0.3) is 0 Å². The molecule has 1 aromatic carbocycles. The molecule has 0 bridgehead atoms. The van der Waals surface area contributed by atoms with E-state index in [4.69, 9.17) is 11.6 Å². The lowest BCUT2D eigenvalue weighted by Crippen LogP contribution is -2.00. The van der Waals surface area contributed by atoms with Crippen molar-refractivity contribution in [2.75, 3.05) is 5.32 Å². The summed E-state index contributed by atoms with van der Waals surface area (Å²) < 4.78 is 1.06. The summed E-state index contributed by atoms with van der Waals surface area (Å²) in [6, 6.07) is 6.51. The van der Waals surface area contributed by atoms with Gasteiger partial charge in [0, 0.05) is 10.5 Å². The van der Waals surface area contributed by atoms with Gasteiger partial charge in [0.25, 0.3) is 0 Å². The van der Waals surface area contributed by atoms with Gasteiger partial charge in [0.1, 0.15) is 0 Å². The molecule has 0 amide bonds. The highest BCUT2D eigenvalue weighted by molar-refractivity contribution is 9.10. The Morgan fingerprint density at radius 3 is 2.83 bits per heavy atom.